The molecule has 1 saturated heterocycles. The molecule has 0 bridgehead atoms. The Morgan fingerprint density at radius 1 is 1.21 bits per heavy atom. The monoisotopic (exact) mass is 384 g/mol. The molecule has 0 radical (unpaired) electrons. The van der Waals surface area contributed by atoms with E-state index in [1.807, 2.05) is 0 Å². The molecule has 0 saturated carbocycles. The van der Waals surface area contributed by atoms with Gasteiger partial charge >= 0.3 is 0 Å². The summed E-state index contributed by atoms with van der Waals surface area (Å²) < 4.78 is 1.24. The number of carbonyl (C=O) groups is 2. The van der Waals surface area contributed by atoms with Crippen LogP contribution >= 0.6 is 0 Å². The van der Waals surface area contributed by atoms with Crippen molar-refractivity contribution in [3.8, 4) is 0 Å². The predicted molar refractivity (Wildman–Crippen MR) is 103 cm³/mol. The highest BCUT2D eigenvalue weighted by atomic mass is 16.6. The van der Waals surface area contributed by atoms with Gasteiger partial charge in [0.25, 0.3) is 23.1 Å². The van der Waals surface area contributed by atoms with Crippen molar-refractivity contribution in [3.63, 3.8) is 0 Å². The van der Waals surface area contributed by atoms with Crippen molar-refractivity contribution in [1.29, 1.82) is 0 Å². The van der Waals surface area contributed by atoms with E-state index in [-0.39, 0.29) is 28.4 Å². The zero-order valence-corrected chi connectivity index (χ0v) is 15.6. The number of nitrogens with one attached hydrogen (secondary N) is 1. The summed E-state index contributed by atoms with van der Waals surface area (Å²) in [5.74, 6) is -0.848. The van der Waals surface area contributed by atoms with Crippen molar-refractivity contribution in [2.24, 2.45) is 7.05 Å². The average molecular weight is 384 g/mol. The Morgan fingerprint density at radius 2 is 1.89 bits per heavy atom. The van der Waals surface area contributed by atoms with Crippen LogP contribution in [0, 0.1) is 17.0 Å². The lowest BCUT2D eigenvalue weighted by atomic mass is 10.1. The number of rotatable bonds is 4. The van der Waals surface area contributed by atoms with E-state index >= 15 is 0 Å². The average Bonchev–Trinajstić information content (AvgIpc) is 3.19. The van der Waals surface area contributed by atoms with Crippen molar-refractivity contribution < 1.29 is 14.5 Å². The lowest BCUT2D eigenvalue weighted by Crippen LogP contribution is -2.31. The first-order valence-electron chi connectivity index (χ1n) is 8.85. The number of nitrogens with zero attached hydrogens (tertiary/aromatic N) is 3. The van der Waals surface area contributed by atoms with E-state index in [0.717, 1.165) is 12.8 Å². The number of aryl methyl sites for hydroxylation is 1. The molecule has 0 spiro atoms. The summed E-state index contributed by atoms with van der Waals surface area (Å²) in [5.41, 5.74) is -0.120. The highest BCUT2D eigenvalue weighted by molar-refractivity contribution is 6.06. The predicted octanol–water partition coefficient (Wildman–Crippen LogP) is 2.09. The summed E-state index contributed by atoms with van der Waals surface area (Å²) in [6, 6.07) is 5.51. The first-order valence-corrected chi connectivity index (χ1v) is 8.85. The quantitative estimate of drug-likeness (QED) is 0.640. The van der Waals surface area contributed by atoms with Crippen LogP contribution in [-0.2, 0) is 7.05 Å². The lowest BCUT2D eigenvalue weighted by molar-refractivity contribution is -0.385. The summed E-state index contributed by atoms with van der Waals surface area (Å²) in [6.45, 7) is 2.80. The Hall–Kier alpha value is -3.49. The van der Waals surface area contributed by atoms with E-state index in [4.69, 9.17) is 0 Å². The molecule has 1 aromatic carbocycles. The number of pyridine rings is 1. The topological polar surface area (TPSA) is 115 Å². The lowest BCUT2D eigenvalue weighted by Gasteiger charge is -2.16. The smallest absolute Gasteiger partial charge is 0.274 e. The number of hydrogen-bond donors (Lipinski definition) is 1. The Labute approximate surface area is 160 Å². The number of likely N-dealkylation sites (tertiary alicyclic amines) is 1. The van der Waals surface area contributed by atoms with Crippen LogP contribution in [0.25, 0.3) is 0 Å². The van der Waals surface area contributed by atoms with Crippen LogP contribution in [0.15, 0.2) is 35.3 Å². The molecule has 3 rings (SSSR count). The molecule has 0 aliphatic carbocycles. The van der Waals surface area contributed by atoms with Gasteiger partial charge in [0.15, 0.2) is 0 Å². The summed E-state index contributed by atoms with van der Waals surface area (Å²) in [7, 11) is 1.50. The number of nitro benzene ring substituents is 1. The molecule has 1 aliphatic rings. The van der Waals surface area contributed by atoms with E-state index in [1.165, 1.54) is 49.0 Å². The molecule has 2 heterocycles. The van der Waals surface area contributed by atoms with Gasteiger partial charge in [0.1, 0.15) is 5.69 Å². The van der Waals surface area contributed by atoms with Crippen molar-refractivity contribution in [1.82, 2.24) is 9.47 Å². The van der Waals surface area contributed by atoms with E-state index in [9.17, 15) is 24.5 Å². The van der Waals surface area contributed by atoms with Crippen molar-refractivity contribution in [2.45, 2.75) is 19.8 Å². The van der Waals surface area contributed by atoms with Gasteiger partial charge in [-0.2, -0.15) is 0 Å². The van der Waals surface area contributed by atoms with Crippen molar-refractivity contribution >= 4 is 23.2 Å². The molecule has 9 heteroatoms. The molecule has 1 aliphatic heterocycles. The van der Waals surface area contributed by atoms with Gasteiger partial charge in [-0.15, -0.1) is 0 Å². The van der Waals surface area contributed by atoms with E-state index in [0.29, 0.717) is 18.7 Å². The van der Waals surface area contributed by atoms with Gasteiger partial charge in [0.2, 0.25) is 0 Å². The number of hydrogen-bond acceptors (Lipinski definition) is 5. The number of benzene rings is 1. The van der Waals surface area contributed by atoms with Crippen LogP contribution in [0.3, 0.4) is 0 Å². The zero-order valence-electron chi connectivity index (χ0n) is 15.6. The van der Waals surface area contributed by atoms with Gasteiger partial charge in [0, 0.05) is 43.5 Å². The first kappa shape index (κ1) is 19.3. The van der Waals surface area contributed by atoms with Crippen molar-refractivity contribution in [2.75, 3.05) is 18.4 Å². The Balaban J connectivity index is 1.93. The molecule has 0 unspecified atom stereocenters. The molecule has 146 valence electrons. The highest BCUT2D eigenvalue weighted by Gasteiger charge is 2.23. The normalized spacial score (nSPS) is 13.4. The van der Waals surface area contributed by atoms with Crippen molar-refractivity contribution in [3.05, 3.63) is 67.6 Å². The minimum absolute atomic E-state index is 0.0524. The molecule has 9 nitrogen and oxygen atoms in total. The van der Waals surface area contributed by atoms with Gasteiger partial charge in [-0.25, -0.2) is 0 Å². The number of nitro groups is 1. The van der Waals surface area contributed by atoms with Crippen LogP contribution in [0.5, 0.6) is 0 Å². The number of carbonyl (C=O) groups excluding carboxylic acids is 2. The largest absolute Gasteiger partial charge is 0.339 e. The van der Waals surface area contributed by atoms with E-state index < -0.39 is 16.4 Å². The molecule has 28 heavy (non-hydrogen) atoms. The molecule has 2 amide bonds. The molecule has 2 aromatic rings. The van der Waals surface area contributed by atoms with E-state index in [2.05, 4.69) is 5.32 Å². The SMILES string of the molecule is Cc1c(C(=O)Nc2cc(C(=O)N3CCCC3)cn(C)c2=O)cccc1[N+](=O)[O-]. The van der Waals surface area contributed by atoms with E-state index in [1.54, 1.807) is 4.90 Å². The second kappa shape index (κ2) is 7.63. The molecule has 1 fully saturated rings. The second-order valence-corrected chi connectivity index (χ2v) is 6.72. The standard InChI is InChI=1S/C19H20N4O5/c1-12-14(6-5-7-16(12)23(27)28)17(24)20-15-10-13(11-21(2)19(15)26)18(25)22-8-3-4-9-22/h5-7,10-11H,3-4,8-9H2,1-2H3,(H,20,24). The summed E-state index contributed by atoms with van der Waals surface area (Å²) in [6.07, 6.45) is 3.32. The maximum atomic E-state index is 12.6. The minimum atomic E-state index is -0.649. The highest BCUT2D eigenvalue weighted by Crippen LogP contribution is 2.22. The fourth-order valence-electron chi connectivity index (χ4n) is 3.28. The summed E-state index contributed by atoms with van der Waals surface area (Å²) in [5, 5.41) is 13.6. The third kappa shape index (κ3) is 3.64. The van der Waals surface area contributed by atoms with Crippen LogP contribution in [0.4, 0.5) is 11.4 Å². The Bertz CT molecular complexity index is 1020. The third-order valence-corrected chi connectivity index (χ3v) is 4.82. The van der Waals surface area contributed by atoms with Crippen LogP contribution in [0.2, 0.25) is 0 Å². The molecule has 1 N–H and O–H groups in total. The maximum absolute atomic E-state index is 12.6. The van der Waals surface area contributed by atoms with Gasteiger partial charge < -0.3 is 14.8 Å². The molecular weight excluding hydrogens is 364 g/mol. The Kier molecular flexibility index (Phi) is 5.25. The number of anilines is 1. The number of amides is 2. The number of aromatic nitrogens is 1. The van der Waals surface area contributed by atoms with Gasteiger partial charge in [-0.1, -0.05) is 6.07 Å². The fourth-order valence-corrected chi connectivity index (χ4v) is 3.28. The maximum Gasteiger partial charge on any atom is 0.274 e. The molecule has 0 atom stereocenters. The fraction of sp³-hybridized carbons (Fsp3) is 0.316. The minimum Gasteiger partial charge on any atom is -0.339 e. The summed E-state index contributed by atoms with van der Waals surface area (Å²) in [4.78, 5) is 49.9. The summed E-state index contributed by atoms with van der Waals surface area (Å²) >= 11 is 0. The van der Waals surface area contributed by atoms with Gasteiger partial charge in [0.05, 0.1) is 10.5 Å². The zero-order chi connectivity index (χ0) is 20.4. The van der Waals surface area contributed by atoms with Crippen LogP contribution in [-0.4, -0.2) is 39.3 Å². The van der Waals surface area contributed by atoms with Gasteiger partial charge in [-0.3, -0.25) is 24.5 Å². The van der Waals surface area contributed by atoms with Crippen LogP contribution in [0.1, 0.15) is 39.1 Å². The molecular formula is C19H20N4O5. The third-order valence-electron chi connectivity index (χ3n) is 4.82. The first-order chi connectivity index (χ1) is 13.3. The molecule has 1 aromatic heterocycles. The van der Waals surface area contributed by atoms with Gasteiger partial charge in [-0.05, 0) is 31.9 Å². The Morgan fingerprint density at radius 3 is 2.54 bits per heavy atom. The second-order valence-electron chi connectivity index (χ2n) is 6.72. The van der Waals surface area contributed by atoms with Crippen LogP contribution < -0.4 is 10.9 Å².